The summed E-state index contributed by atoms with van der Waals surface area (Å²) in [5, 5.41) is 3.45. The highest BCUT2D eigenvalue weighted by Gasteiger charge is 2.39. The Morgan fingerprint density at radius 1 is 1.05 bits per heavy atom. The second kappa shape index (κ2) is 5.36. The summed E-state index contributed by atoms with van der Waals surface area (Å²) in [6.07, 6.45) is 1.82. The molecule has 0 aromatic heterocycles. The Balaban J connectivity index is 1.79. The highest BCUT2D eigenvalue weighted by atomic mass is 19.1. The van der Waals surface area contributed by atoms with E-state index in [2.05, 4.69) is 5.32 Å². The van der Waals surface area contributed by atoms with E-state index in [-0.39, 0.29) is 29.7 Å². The summed E-state index contributed by atoms with van der Waals surface area (Å²) in [4.78, 5) is 0. The van der Waals surface area contributed by atoms with Gasteiger partial charge in [0.05, 0.1) is 12.1 Å². The fourth-order valence-corrected chi connectivity index (χ4v) is 3.67. The van der Waals surface area contributed by atoms with E-state index in [1.165, 1.54) is 12.1 Å². The second-order valence-corrected chi connectivity index (χ2v) is 6.01. The number of ether oxygens (including phenoxy) is 1. The minimum absolute atomic E-state index is 0.0149. The molecule has 2 aliphatic heterocycles. The van der Waals surface area contributed by atoms with Crippen LogP contribution >= 0.6 is 0 Å². The molecule has 114 valence electrons. The van der Waals surface area contributed by atoms with Gasteiger partial charge in [0.15, 0.2) is 0 Å². The zero-order valence-corrected chi connectivity index (χ0v) is 12.1. The summed E-state index contributed by atoms with van der Waals surface area (Å²) in [6.45, 7) is 0.687. The fraction of sp³-hybridized carbons (Fsp3) is 0.333. The lowest BCUT2D eigenvalue weighted by Gasteiger charge is -2.43. The van der Waals surface area contributed by atoms with Gasteiger partial charge in [0.2, 0.25) is 0 Å². The quantitative estimate of drug-likeness (QED) is 0.831. The molecule has 22 heavy (non-hydrogen) atoms. The Labute approximate surface area is 128 Å². The van der Waals surface area contributed by atoms with E-state index >= 15 is 0 Å². The highest BCUT2D eigenvalue weighted by Crippen LogP contribution is 2.49. The predicted octanol–water partition coefficient (Wildman–Crippen LogP) is 4.60. The van der Waals surface area contributed by atoms with Crippen molar-refractivity contribution in [3.63, 3.8) is 0 Å². The number of nitrogens with one attached hydrogen (secondary N) is 1. The molecule has 0 radical (unpaired) electrons. The molecule has 2 aliphatic rings. The van der Waals surface area contributed by atoms with Gasteiger partial charge in [-0.05, 0) is 48.7 Å². The van der Waals surface area contributed by atoms with Crippen molar-refractivity contribution in [3.05, 3.63) is 65.2 Å². The van der Waals surface area contributed by atoms with Crippen molar-refractivity contribution in [2.45, 2.75) is 25.0 Å². The van der Waals surface area contributed by atoms with E-state index in [4.69, 9.17) is 4.74 Å². The first-order valence-electron chi connectivity index (χ1n) is 7.65. The van der Waals surface area contributed by atoms with Gasteiger partial charge in [0, 0.05) is 23.8 Å². The molecule has 0 spiro atoms. The third-order valence-corrected chi connectivity index (χ3v) is 4.64. The van der Waals surface area contributed by atoms with E-state index in [1.807, 2.05) is 6.07 Å². The zero-order chi connectivity index (χ0) is 15.1. The maximum atomic E-state index is 13.6. The maximum Gasteiger partial charge on any atom is 0.123 e. The van der Waals surface area contributed by atoms with Crippen molar-refractivity contribution in [1.82, 2.24) is 0 Å². The van der Waals surface area contributed by atoms with Crippen LogP contribution in [0.4, 0.5) is 14.5 Å². The average molecular weight is 301 g/mol. The summed E-state index contributed by atoms with van der Waals surface area (Å²) in [5.74, 6) is -0.306. The lowest BCUT2D eigenvalue weighted by molar-refractivity contribution is -0.0383. The van der Waals surface area contributed by atoms with Crippen LogP contribution in [0.5, 0.6) is 0 Å². The number of anilines is 1. The van der Waals surface area contributed by atoms with Crippen LogP contribution in [0, 0.1) is 17.6 Å². The van der Waals surface area contributed by atoms with Gasteiger partial charge in [-0.1, -0.05) is 12.1 Å². The van der Waals surface area contributed by atoms with Crippen LogP contribution < -0.4 is 5.32 Å². The molecule has 3 atom stereocenters. The van der Waals surface area contributed by atoms with Crippen LogP contribution in [-0.2, 0) is 4.74 Å². The molecule has 1 fully saturated rings. The number of rotatable bonds is 1. The van der Waals surface area contributed by atoms with E-state index in [0.29, 0.717) is 6.61 Å². The van der Waals surface area contributed by atoms with Crippen molar-refractivity contribution in [2.75, 3.05) is 11.9 Å². The highest BCUT2D eigenvalue weighted by molar-refractivity contribution is 5.57. The molecule has 4 heteroatoms. The Morgan fingerprint density at radius 2 is 1.91 bits per heavy atom. The van der Waals surface area contributed by atoms with E-state index < -0.39 is 0 Å². The zero-order valence-electron chi connectivity index (χ0n) is 12.1. The molecule has 1 N–H and O–H groups in total. The molecule has 2 heterocycles. The summed E-state index contributed by atoms with van der Waals surface area (Å²) >= 11 is 0. The molecule has 2 aromatic carbocycles. The summed E-state index contributed by atoms with van der Waals surface area (Å²) < 4.78 is 33.1. The van der Waals surface area contributed by atoms with Gasteiger partial charge in [0.25, 0.3) is 0 Å². The number of hydrogen-bond acceptors (Lipinski definition) is 2. The molecular weight excluding hydrogens is 284 g/mol. The lowest BCUT2D eigenvalue weighted by atomic mass is 9.77. The van der Waals surface area contributed by atoms with Gasteiger partial charge >= 0.3 is 0 Å². The van der Waals surface area contributed by atoms with Gasteiger partial charge < -0.3 is 10.1 Å². The van der Waals surface area contributed by atoms with Crippen LogP contribution in [0.2, 0.25) is 0 Å². The summed E-state index contributed by atoms with van der Waals surface area (Å²) in [7, 11) is 0. The van der Waals surface area contributed by atoms with Gasteiger partial charge in [-0.15, -0.1) is 0 Å². The molecular formula is C18H17F2NO. The molecule has 2 unspecified atom stereocenters. The van der Waals surface area contributed by atoms with Crippen LogP contribution in [0.25, 0.3) is 0 Å². The topological polar surface area (TPSA) is 21.3 Å². The van der Waals surface area contributed by atoms with Crippen molar-refractivity contribution >= 4 is 5.69 Å². The first kappa shape index (κ1) is 13.7. The minimum atomic E-state index is -0.252. The SMILES string of the molecule is Fc1cccc(C2Nc3ccc(F)cc3[C@@H]3OCCCC23)c1. The van der Waals surface area contributed by atoms with Gasteiger partial charge in [-0.2, -0.15) is 0 Å². The minimum Gasteiger partial charge on any atom is -0.378 e. The third kappa shape index (κ3) is 2.28. The van der Waals surface area contributed by atoms with Crippen molar-refractivity contribution in [3.8, 4) is 0 Å². The normalized spacial score (nSPS) is 26.7. The van der Waals surface area contributed by atoms with E-state index in [1.54, 1.807) is 24.3 Å². The monoisotopic (exact) mass is 301 g/mol. The van der Waals surface area contributed by atoms with Crippen molar-refractivity contribution in [2.24, 2.45) is 5.92 Å². The molecule has 2 aromatic rings. The average Bonchev–Trinajstić information content (AvgIpc) is 2.54. The Morgan fingerprint density at radius 3 is 2.77 bits per heavy atom. The van der Waals surface area contributed by atoms with E-state index in [0.717, 1.165) is 29.7 Å². The summed E-state index contributed by atoms with van der Waals surface area (Å²) in [6, 6.07) is 11.4. The number of hydrogen-bond donors (Lipinski definition) is 1. The maximum absolute atomic E-state index is 13.6. The molecule has 0 aliphatic carbocycles. The molecule has 0 saturated carbocycles. The predicted molar refractivity (Wildman–Crippen MR) is 80.6 cm³/mol. The Kier molecular flexibility index (Phi) is 3.34. The second-order valence-electron chi connectivity index (χ2n) is 6.01. The first-order chi connectivity index (χ1) is 10.7. The van der Waals surface area contributed by atoms with Gasteiger partial charge in [-0.25, -0.2) is 8.78 Å². The molecule has 0 amide bonds. The number of benzene rings is 2. The molecule has 2 nitrogen and oxygen atoms in total. The Bertz CT molecular complexity index is 703. The van der Waals surface area contributed by atoms with Gasteiger partial charge in [0.1, 0.15) is 11.6 Å². The van der Waals surface area contributed by atoms with Crippen LogP contribution in [0.1, 0.15) is 36.1 Å². The largest absolute Gasteiger partial charge is 0.378 e. The van der Waals surface area contributed by atoms with Crippen LogP contribution in [-0.4, -0.2) is 6.61 Å². The smallest absolute Gasteiger partial charge is 0.123 e. The lowest BCUT2D eigenvalue weighted by Crippen LogP contribution is -2.36. The van der Waals surface area contributed by atoms with Gasteiger partial charge in [-0.3, -0.25) is 0 Å². The molecule has 0 bridgehead atoms. The number of halogens is 2. The van der Waals surface area contributed by atoms with Crippen molar-refractivity contribution in [1.29, 1.82) is 0 Å². The Hall–Kier alpha value is -1.94. The number of fused-ring (bicyclic) bond motifs is 3. The van der Waals surface area contributed by atoms with Crippen molar-refractivity contribution < 1.29 is 13.5 Å². The fourth-order valence-electron chi connectivity index (χ4n) is 3.67. The van der Waals surface area contributed by atoms with Crippen LogP contribution in [0.15, 0.2) is 42.5 Å². The summed E-state index contributed by atoms with van der Waals surface area (Å²) in [5.41, 5.74) is 2.66. The molecule has 4 rings (SSSR count). The third-order valence-electron chi connectivity index (χ3n) is 4.64. The van der Waals surface area contributed by atoms with E-state index in [9.17, 15) is 8.78 Å². The molecule has 1 saturated heterocycles. The standard InChI is InChI=1S/C18H17F2NO/c19-12-4-1-3-11(9-12)17-14-5-2-8-22-18(14)15-10-13(20)6-7-16(15)21-17/h1,3-4,6-7,9-10,14,17-18,21H,2,5,8H2/t14?,17?,18-/m1/s1. The first-order valence-corrected chi connectivity index (χ1v) is 7.65. The van der Waals surface area contributed by atoms with Crippen LogP contribution in [0.3, 0.4) is 0 Å².